The van der Waals surface area contributed by atoms with E-state index in [0.717, 1.165) is 36.1 Å². The zero-order valence-corrected chi connectivity index (χ0v) is 22.3. The van der Waals surface area contributed by atoms with Crippen molar-refractivity contribution in [2.75, 3.05) is 5.75 Å². The van der Waals surface area contributed by atoms with E-state index < -0.39 is 6.04 Å². The molecule has 1 atom stereocenters. The van der Waals surface area contributed by atoms with Gasteiger partial charge < -0.3 is 10.2 Å². The average molecular weight is 522 g/mol. The second kappa shape index (κ2) is 13.4. The molecule has 0 aliphatic heterocycles. The lowest BCUT2D eigenvalue weighted by atomic mass is 9.95. The van der Waals surface area contributed by atoms with E-state index in [-0.39, 0.29) is 17.9 Å². The summed E-state index contributed by atoms with van der Waals surface area (Å²) in [6, 6.07) is 13.3. The molecule has 2 aromatic carbocycles. The van der Waals surface area contributed by atoms with Gasteiger partial charge in [0.2, 0.25) is 11.8 Å². The molecular weight excluding hydrogens is 487 g/mol. The van der Waals surface area contributed by atoms with Crippen molar-refractivity contribution in [3.05, 3.63) is 63.6 Å². The lowest BCUT2D eigenvalue weighted by Gasteiger charge is -2.33. The normalized spacial score (nSPS) is 15.1. The number of aryl methyl sites for hydroxylation is 1. The molecule has 1 saturated carbocycles. The zero-order chi connectivity index (χ0) is 24.5. The second-order valence-corrected chi connectivity index (χ2v) is 10.9. The molecule has 3 rings (SSSR count). The SMILES string of the molecule is CCC(C(=O)NC1CCCCC1)N(Cc1ccc(Cl)c(Cl)c1)C(=O)CCSc1ccc(C)cc1. The molecule has 0 saturated heterocycles. The molecule has 1 fully saturated rings. The summed E-state index contributed by atoms with van der Waals surface area (Å²) in [7, 11) is 0. The molecule has 0 spiro atoms. The van der Waals surface area contributed by atoms with Gasteiger partial charge in [-0.3, -0.25) is 9.59 Å². The van der Waals surface area contributed by atoms with Gasteiger partial charge in [0.15, 0.2) is 0 Å². The highest BCUT2D eigenvalue weighted by atomic mass is 35.5. The molecule has 1 unspecified atom stereocenters. The molecule has 0 aromatic heterocycles. The predicted octanol–water partition coefficient (Wildman–Crippen LogP) is 7.04. The van der Waals surface area contributed by atoms with Crippen LogP contribution in [0.4, 0.5) is 0 Å². The molecule has 0 bridgehead atoms. The van der Waals surface area contributed by atoms with E-state index in [1.165, 1.54) is 12.0 Å². The van der Waals surface area contributed by atoms with Crippen molar-refractivity contribution in [1.29, 1.82) is 0 Å². The first-order valence-corrected chi connectivity index (χ1v) is 13.8. The number of carbonyl (C=O) groups excluding carboxylic acids is 2. The summed E-state index contributed by atoms with van der Waals surface area (Å²) in [4.78, 5) is 29.5. The van der Waals surface area contributed by atoms with Crippen LogP contribution in [-0.4, -0.2) is 34.6 Å². The first-order chi connectivity index (χ1) is 16.4. The van der Waals surface area contributed by atoms with E-state index in [9.17, 15) is 9.59 Å². The van der Waals surface area contributed by atoms with Gasteiger partial charge >= 0.3 is 0 Å². The fraction of sp³-hybridized carbons (Fsp3) is 0.481. The Hall–Kier alpha value is -1.69. The quantitative estimate of drug-likeness (QED) is 0.341. The van der Waals surface area contributed by atoms with Gasteiger partial charge in [0.1, 0.15) is 6.04 Å². The third-order valence-electron chi connectivity index (χ3n) is 6.28. The number of amides is 2. The number of carbonyl (C=O) groups is 2. The van der Waals surface area contributed by atoms with E-state index in [1.807, 2.05) is 13.0 Å². The highest BCUT2D eigenvalue weighted by Gasteiger charge is 2.30. The van der Waals surface area contributed by atoms with E-state index in [1.54, 1.807) is 28.8 Å². The van der Waals surface area contributed by atoms with Crippen LogP contribution in [-0.2, 0) is 16.1 Å². The van der Waals surface area contributed by atoms with Crippen LogP contribution < -0.4 is 5.32 Å². The third-order valence-corrected chi connectivity index (χ3v) is 8.03. The number of benzene rings is 2. The number of halogens is 2. The van der Waals surface area contributed by atoms with Crippen molar-refractivity contribution in [3.63, 3.8) is 0 Å². The summed E-state index contributed by atoms with van der Waals surface area (Å²) in [5.74, 6) is 0.561. The third kappa shape index (κ3) is 7.93. The highest BCUT2D eigenvalue weighted by Crippen LogP contribution is 2.25. The van der Waals surface area contributed by atoms with Crippen molar-refractivity contribution in [3.8, 4) is 0 Å². The van der Waals surface area contributed by atoms with Crippen LogP contribution in [0.5, 0.6) is 0 Å². The molecule has 1 N–H and O–H groups in total. The minimum atomic E-state index is -0.520. The molecule has 2 aromatic rings. The summed E-state index contributed by atoms with van der Waals surface area (Å²) in [6.45, 7) is 4.34. The van der Waals surface area contributed by atoms with Gasteiger partial charge in [0, 0.05) is 29.7 Å². The summed E-state index contributed by atoms with van der Waals surface area (Å²) >= 11 is 14.0. The number of nitrogens with one attached hydrogen (secondary N) is 1. The van der Waals surface area contributed by atoms with Crippen molar-refractivity contribution in [2.24, 2.45) is 0 Å². The molecule has 4 nitrogen and oxygen atoms in total. The maximum atomic E-state index is 13.4. The molecule has 1 aliphatic rings. The Morgan fingerprint density at radius 1 is 1.06 bits per heavy atom. The fourth-order valence-electron chi connectivity index (χ4n) is 4.33. The van der Waals surface area contributed by atoms with Crippen molar-refractivity contribution < 1.29 is 9.59 Å². The van der Waals surface area contributed by atoms with Crippen LogP contribution in [0.25, 0.3) is 0 Å². The topological polar surface area (TPSA) is 49.4 Å². The molecular formula is C27H34Cl2N2O2S. The van der Waals surface area contributed by atoms with E-state index in [4.69, 9.17) is 23.2 Å². The maximum absolute atomic E-state index is 13.4. The Morgan fingerprint density at radius 2 is 1.76 bits per heavy atom. The lowest BCUT2D eigenvalue weighted by Crippen LogP contribution is -2.51. The number of thioether (sulfide) groups is 1. The van der Waals surface area contributed by atoms with Crippen LogP contribution >= 0.6 is 35.0 Å². The largest absolute Gasteiger partial charge is 0.352 e. The Bertz CT molecular complexity index is 962. The summed E-state index contributed by atoms with van der Waals surface area (Å²) < 4.78 is 0. The van der Waals surface area contributed by atoms with Gasteiger partial charge in [-0.1, -0.05) is 73.2 Å². The lowest BCUT2D eigenvalue weighted by molar-refractivity contribution is -0.141. The van der Waals surface area contributed by atoms with Crippen molar-refractivity contribution in [2.45, 2.75) is 82.3 Å². The maximum Gasteiger partial charge on any atom is 0.243 e. The molecule has 34 heavy (non-hydrogen) atoms. The van der Waals surface area contributed by atoms with Crippen LogP contribution in [0.3, 0.4) is 0 Å². The van der Waals surface area contributed by atoms with E-state index >= 15 is 0 Å². The Morgan fingerprint density at radius 3 is 2.41 bits per heavy atom. The second-order valence-electron chi connectivity index (χ2n) is 8.95. The minimum absolute atomic E-state index is 0.0312. The van der Waals surface area contributed by atoms with Gasteiger partial charge in [-0.05, 0) is 56.0 Å². The summed E-state index contributed by atoms with van der Waals surface area (Å²) in [5, 5.41) is 4.13. The van der Waals surface area contributed by atoms with Crippen LogP contribution in [0.1, 0.15) is 63.0 Å². The first kappa shape index (κ1) is 26.9. The number of hydrogen-bond acceptors (Lipinski definition) is 3. The zero-order valence-electron chi connectivity index (χ0n) is 20.0. The van der Waals surface area contributed by atoms with Gasteiger partial charge in [0.25, 0.3) is 0 Å². The molecule has 1 aliphatic carbocycles. The first-order valence-electron chi connectivity index (χ1n) is 12.1. The van der Waals surface area contributed by atoms with Crippen molar-refractivity contribution in [1.82, 2.24) is 10.2 Å². The molecule has 0 heterocycles. The smallest absolute Gasteiger partial charge is 0.243 e. The van der Waals surface area contributed by atoms with Crippen molar-refractivity contribution >= 4 is 46.8 Å². The average Bonchev–Trinajstić information content (AvgIpc) is 2.83. The summed E-state index contributed by atoms with van der Waals surface area (Å²) in [5.41, 5.74) is 2.07. The Balaban J connectivity index is 1.71. The van der Waals surface area contributed by atoms with Crippen LogP contribution in [0.2, 0.25) is 10.0 Å². The van der Waals surface area contributed by atoms with E-state index in [2.05, 4.69) is 36.5 Å². The molecule has 184 valence electrons. The standard InChI is InChI=1S/C27H34Cl2N2O2S/c1-3-25(27(33)30-21-7-5-4-6-8-21)31(18-20-11-14-23(28)24(29)17-20)26(32)15-16-34-22-12-9-19(2)10-13-22/h9-14,17,21,25H,3-8,15-16,18H2,1-2H3,(H,30,33). The highest BCUT2D eigenvalue weighted by molar-refractivity contribution is 7.99. The van der Waals surface area contributed by atoms with Gasteiger partial charge in [0.05, 0.1) is 10.0 Å². The number of hydrogen-bond donors (Lipinski definition) is 1. The van der Waals surface area contributed by atoms with Gasteiger partial charge in [-0.25, -0.2) is 0 Å². The summed E-state index contributed by atoms with van der Waals surface area (Å²) in [6.07, 6.45) is 6.44. The number of rotatable bonds is 10. The Kier molecular flexibility index (Phi) is 10.6. The van der Waals surface area contributed by atoms with Crippen LogP contribution in [0, 0.1) is 6.92 Å². The molecule has 7 heteroatoms. The minimum Gasteiger partial charge on any atom is -0.352 e. The molecule has 2 amide bonds. The van der Waals surface area contributed by atoms with Gasteiger partial charge in [-0.2, -0.15) is 0 Å². The number of nitrogens with zero attached hydrogens (tertiary/aromatic N) is 1. The van der Waals surface area contributed by atoms with Gasteiger partial charge in [-0.15, -0.1) is 11.8 Å². The predicted molar refractivity (Wildman–Crippen MR) is 143 cm³/mol. The Labute approximate surface area is 217 Å². The monoisotopic (exact) mass is 520 g/mol. The van der Waals surface area contributed by atoms with Crippen LogP contribution in [0.15, 0.2) is 47.4 Å². The molecule has 0 radical (unpaired) electrons. The van der Waals surface area contributed by atoms with E-state index in [0.29, 0.717) is 35.2 Å². The fourth-order valence-corrected chi connectivity index (χ4v) is 5.49.